The molecular weight excluding hydrogens is 258 g/mol. The van der Waals surface area contributed by atoms with Crippen molar-refractivity contribution in [2.45, 2.75) is 19.3 Å². The van der Waals surface area contributed by atoms with E-state index in [2.05, 4.69) is 11.0 Å². The lowest BCUT2D eigenvalue weighted by atomic mass is 10.2. The molecule has 1 fully saturated rings. The van der Waals surface area contributed by atoms with Crippen LogP contribution in [-0.2, 0) is 19.0 Å². The van der Waals surface area contributed by atoms with Gasteiger partial charge in [0.2, 0.25) is 0 Å². The second kappa shape index (κ2) is 8.07. The molecular formula is C15H23NO4. The van der Waals surface area contributed by atoms with Gasteiger partial charge in [-0.3, -0.25) is 0 Å². The molecule has 0 atom stereocenters. The first kappa shape index (κ1) is 15.1. The van der Waals surface area contributed by atoms with Gasteiger partial charge in [0.1, 0.15) is 0 Å². The quantitative estimate of drug-likeness (QED) is 0.419. The van der Waals surface area contributed by atoms with Gasteiger partial charge in [0.25, 0.3) is 0 Å². The minimum atomic E-state index is -0.323. The molecule has 1 saturated heterocycles. The highest BCUT2D eigenvalue weighted by Crippen LogP contribution is 2.16. The SMILES string of the molecule is COC(=O)/C=C(\COCC1=CCCOC1)N1CCCC1. The Kier molecular flexibility index (Phi) is 6.08. The van der Waals surface area contributed by atoms with Gasteiger partial charge in [-0.1, -0.05) is 6.08 Å². The summed E-state index contributed by atoms with van der Waals surface area (Å²) in [5, 5.41) is 0. The van der Waals surface area contributed by atoms with Gasteiger partial charge in [0, 0.05) is 24.9 Å². The highest BCUT2D eigenvalue weighted by Gasteiger charge is 2.16. The molecule has 0 aliphatic carbocycles. The smallest absolute Gasteiger partial charge is 0.332 e. The van der Waals surface area contributed by atoms with E-state index in [9.17, 15) is 4.79 Å². The van der Waals surface area contributed by atoms with Gasteiger partial charge in [0.15, 0.2) is 0 Å². The number of carbonyl (C=O) groups is 1. The molecule has 112 valence electrons. The summed E-state index contributed by atoms with van der Waals surface area (Å²) in [6.45, 7) is 4.42. The van der Waals surface area contributed by atoms with Crippen molar-refractivity contribution in [3.8, 4) is 0 Å². The summed E-state index contributed by atoms with van der Waals surface area (Å²) in [5.41, 5.74) is 2.08. The van der Waals surface area contributed by atoms with Crippen LogP contribution < -0.4 is 0 Å². The Morgan fingerprint density at radius 3 is 2.90 bits per heavy atom. The van der Waals surface area contributed by atoms with E-state index in [0.29, 0.717) is 19.8 Å². The average molecular weight is 281 g/mol. The third-order valence-corrected chi connectivity index (χ3v) is 3.52. The number of nitrogens with zero attached hydrogens (tertiary/aromatic N) is 1. The summed E-state index contributed by atoms with van der Waals surface area (Å²) in [7, 11) is 1.39. The van der Waals surface area contributed by atoms with Gasteiger partial charge < -0.3 is 19.1 Å². The molecule has 0 radical (unpaired) electrons. The third kappa shape index (κ3) is 4.65. The Bertz CT molecular complexity index is 383. The van der Waals surface area contributed by atoms with E-state index in [0.717, 1.165) is 44.7 Å². The molecule has 0 unspecified atom stereocenters. The van der Waals surface area contributed by atoms with E-state index in [-0.39, 0.29) is 5.97 Å². The van der Waals surface area contributed by atoms with Crippen LogP contribution in [0.15, 0.2) is 23.4 Å². The summed E-state index contributed by atoms with van der Waals surface area (Å²) in [6.07, 6.45) is 6.99. The number of carbonyl (C=O) groups excluding carboxylic acids is 1. The number of ether oxygens (including phenoxy) is 3. The van der Waals surface area contributed by atoms with Crippen LogP contribution in [0.2, 0.25) is 0 Å². The van der Waals surface area contributed by atoms with E-state index < -0.39 is 0 Å². The summed E-state index contributed by atoms with van der Waals surface area (Å²) in [4.78, 5) is 13.6. The fourth-order valence-electron chi connectivity index (χ4n) is 2.42. The molecule has 2 heterocycles. The Morgan fingerprint density at radius 2 is 2.25 bits per heavy atom. The molecule has 20 heavy (non-hydrogen) atoms. The van der Waals surface area contributed by atoms with E-state index in [1.807, 2.05) is 0 Å². The summed E-state index contributed by atoms with van der Waals surface area (Å²) >= 11 is 0. The van der Waals surface area contributed by atoms with Crippen molar-refractivity contribution < 1.29 is 19.0 Å². The molecule has 0 saturated carbocycles. The fourth-order valence-corrected chi connectivity index (χ4v) is 2.42. The minimum Gasteiger partial charge on any atom is -0.466 e. The van der Waals surface area contributed by atoms with E-state index >= 15 is 0 Å². The van der Waals surface area contributed by atoms with Crippen LogP contribution in [0.3, 0.4) is 0 Å². The van der Waals surface area contributed by atoms with Gasteiger partial charge in [-0.2, -0.15) is 0 Å². The normalized spacial score (nSPS) is 19.9. The fraction of sp³-hybridized carbons (Fsp3) is 0.667. The van der Waals surface area contributed by atoms with Crippen LogP contribution >= 0.6 is 0 Å². The number of methoxy groups -OCH3 is 1. The lowest BCUT2D eigenvalue weighted by Crippen LogP contribution is -2.24. The van der Waals surface area contributed by atoms with Crippen LogP contribution in [0.25, 0.3) is 0 Å². The minimum absolute atomic E-state index is 0.323. The summed E-state index contributed by atoms with van der Waals surface area (Å²) in [6, 6.07) is 0. The van der Waals surface area contributed by atoms with Crippen molar-refractivity contribution in [2.75, 3.05) is 46.6 Å². The average Bonchev–Trinajstić information content (AvgIpc) is 3.01. The first-order valence-corrected chi connectivity index (χ1v) is 7.16. The van der Waals surface area contributed by atoms with E-state index in [1.165, 1.54) is 18.8 Å². The molecule has 0 spiro atoms. The van der Waals surface area contributed by atoms with Crippen molar-refractivity contribution in [3.05, 3.63) is 23.4 Å². The second-order valence-corrected chi connectivity index (χ2v) is 5.05. The topological polar surface area (TPSA) is 48.0 Å². The van der Waals surface area contributed by atoms with Crippen molar-refractivity contribution in [1.82, 2.24) is 4.90 Å². The number of hydrogen-bond acceptors (Lipinski definition) is 5. The lowest BCUT2D eigenvalue weighted by molar-refractivity contribution is -0.135. The van der Waals surface area contributed by atoms with Crippen molar-refractivity contribution >= 4 is 5.97 Å². The Balaban J connectivity index is 1.85. The zero-order chi connectivity index (χ0) is 14.2. The molecule has 0 aromatic carbocycles. The van der Waals surface area contributed by atoms with Gasteiger partial charge >= 0.3 is 5.97 Å². The summed E-state index contributed by atoms with van der Waals surface area (Å²) < 4.78 is 15.8. The maximum Gasteiger partial charge on any atom is 0.332 e. The number of esters is 1. The first-order valence-electron chi connectivity index (χ1n) is 7.16. The zero-order valence-electron chi connectivity index (χ0n) is 12.1. The lowest BCUT2D eigenvalue weighted by Gasteiger charge is -2.22. The Labute approximate surface area is 120 Å². The van der Waals surface area contributed by atoms with E-state index in [1.54, 1.807) is 0 Å². The Morgan fingerprint density at radius 1 is 1.45 bits per heavy atom. The van der Waals surface area contributed by atoms with Crippen molar-refractivity contribution in [1.29, 1.82) is 0 Å². The van der Waals surface area contributed by atoms with Gasteiger partial charge in [0.05, 0.1) is 33.5 Å². The standard InChI is InChI=1S/C15H23NO4/c1-18-15(17)9-14(16-6-2-3-7-16)12-20-11-13-5-4-8-19-10-13/h5,9H,2-4,6-8,10-12H2,1H3/b14-9+. The predicted octanol–water partition coefficient (Wildman–Crippen LogP) is 1.50. The third-order valence-electron chi connectivity index (χ3n) is 3.52. The van der Waals surface area contributed by atoms with Gasteiger partial charge in [-0.05, 0) is 24.8 Å². The molecule has 2 rings (SSSR count). The molecule has 2 aliphatic heterocycles. The molecule has 5 nitrogen and oxygen atoms in total. The number of rotatable bonds is 6. The van der Waals surface area contributed by atoms with Gasteiger partial charge in [-0.25, -0.2) is 4.79 Å². The highest BCUT2D eigenvalue weighted by atomic mass is 16.5. The molecule has 2 aliphatic rings. The molecule has 0 N–H and O–H groups in total. The highest BCUT2D eigenvalue weighted by molar-refractivity contribution is 5.82. The van der Waals surface area contributed by atoms with Crippen molar-refractivity contribution in [3.63, 3.8) is 0 Å². The maximum absolute atomic E-state index is 11.4. The molecule has 5 heteroatoms. The Hall–Kier alpha value is -1.33. The van der Waals surface area contributed by atoms with E-state index in [4.69, 9.17) is 14.2 Å². The molecule has 0 aromatic rings. The molecule has 0 bridgehead atoms. The first-order chi connectivity index (χ1) is 9.79. The predicted molar refractivity (Wildman–Crippen MR) is 75.2 cm³/mol. The van der Waals surface area contributed by atoms with Crippen LogP contribution in [0.5, 0.6) is 0 Å². The molecule has 0 amide bonds. The summed E-state index contributed by atoms with van der Waals surface area (Å²) in [5.74, 6) is -0.323. The van der Waals surface area contributed by atoms with Gasteiger partial charge in [-0.15, -0.1) is 0 Å². The van der Waals surface area contributed by atoms with Crippen LogP contribution in [0.4, 0.5) is 0 Å². The number of likely N-dealkylation sites (tertiary alicyclic amines) is 1. The second-order valence-electron chi connectivity index (χ2n) is 5.05. The zero-order valence-corrected chi connectivity index (χ0v) is 12.1. The van der Waals surface area contributed by atoms with Crippen molar-refractivity contribution in [2.24, 2.45) is 0 Å². The van der Waals surface area contributed by atoms with Crippen LogP contribution in [0, 0.1) is 0 Å². The number of hydrogen-bond donors (Lipinski definition) is 0. The molecule has 0 aromatic heterocycles. The monoisotopic (exact) mass is 281 g/mol. The van der Waals surface area contributed by atoms with Crippen LogP contribution in [0.1, 0.15) is 19.3 Å². The largest absolute Gasteiger partial charge is 0.466 e. The van der Waals surface area contributed by atoms with Crippen LogP contribution in [-0.4, -0.2) is 57.5 Å². The maximum atomic E-state index is 11.4.